The van der Waals surface area contributed by atoms with Crippen LogP contribution >= 0.6 is 11.6 Å². The highest BCUT2D eigenvalue weighted by Gasteiger charge is 2.13. The number of aryl methyl sites for hydroxylation is 2. The molecule has 0 bridgehead atoms. The van der Waals surface area contributed by atoms with Gasteiger partial charge in [0.2, 0.25) is 0 Å². The van der Waals surface area contributed by atoms with Gasteiger partial charge in [-0.25, -0.2) is 4.98 Å². The first-order valence-electron chi connectivity index (χ1n) is 4.89. The van der Waals surface area contributed by atoms with E-state index in [2.05, 4.69) is 16.9 Å². The van der Waals surface area contributed by atoms with Crippen LogP contribution in [0.4, 0.5) is 0 Å². The Morgan fingerprint density at radius 2 is 2.27 bits per heavy atom. The third kappa shape index (κ3) is 1.57. The second kappa shape index (κ2) is 3.74. The van der Waals surface area contributed by atoms with E-state index in [-0.39, 0.29) is 0 Å². The zero-order chi connectivity index (χ0) is 11.0. The molecule has 0 atom stereocenters. The maximum Gasteiger partial charge on any atom is 0.147 e. The molecule has 0 aliphatic carbocycles. The number of nitrogens with zero attached hydrogens (tertiary/aromatic N) is 1. The second-order valence-corrected chi connectivity index (χ2v) is 3.86. The van der Waals surface area contributed by atoms with Gasteiger partial charge >= 0.3 is 0 Å². The summed E-state index contributed by atoms with van der Waals surface area (Å²) < 4.78 is 5.39. The molecule has 0 spiro atoms. The van der Waals surface area contributed by atoms with E-state index in [0.717, 1.165) is 34.6 Å². The average molecular weight is 225 g/mol. The van der Waals surface area contributed by atoms with Crippen LogP contribution in [0.3, 0.4) is 0 Å². The van der Waals surface area contributed by atoms with Crippen LogP contribution in [0.1, 0.15) is 18.3 Å². The summed E-state index contributed by atoms with van der Waals surface area (Å²) in [5.74, 6) is 1.69. The Morgan fingerprint density at radius 3 is 2.87 bits per heavy atom. The largest absolute Gasteiger partial charge is 0.494 e. The van der Waals surface area contributed by atoms with E-state index in [1.807, 2.05) is 13.0 Å². The van der Waals surface area contributed by atoms with Crippen molar-refractivity contribution in [2.24, 2.45) is 0 Å². The van der Waals surface area contributed by atoms with Crippen molar-refractivity contribution in [3.05, 3.63) is 22.5 Å². The Balaban J connectivity index is 2.84. The van der Waals surface area contributed by atoms with Crippen molar-refractivity contribution in [3.63, 3.8) is 0 Å². The van der Waals surface area contributed by atoms with Crippen LogP contribution in [0.15, 0.2) is 6.07 Å². The lowest BCUT2D eigenvalue weighted by atomic mass is 10.1. The van der Waals surface area contributed by atoms with E-state index in [0.29, 0.717) is 5.02 Å². The van der Waals surface area contributed by atoms with Gasteiger partial charge in [0.15, 0.2) is 0 Å². The van der Waals surface area contributed by atoms with Gasteiger partial charge in [-0.3, -0.25) is 0 Å². The number of rotatable bonds is 2. The molecular formula is C11H13ClN2O. The smallest absolute Gasteiger partial charge is 0.147 e. The minimum Gasteiger partial charge on any atom is -0.494 e. The van der Waals surface area contributed by atoms with Gasteiger partial charge in [0, 0.05) is 0 Å². The maximum absolute atomic E-state index is 6.15. The number of ether oxygens (including phenoxy) is 1. The van der Waals surface area contributed by atoms with Crippen LogP contribution in [0.25, 0.3) is 11.0 Å². The SMILES string of the molecule is CCc1cc(Cl)c2nc(C)[nH]c2c1OC. The van der Waals surface area contributed by atoms with Gasteiger partial charge in [-0.05, 0) is 25.0 Å². The molecule has 0 aliphatic heterocycles. The van der Waals surface area contributed by atoms with E-state index in [9.17, 15) is 0 Å². The summed E-state index contributed by atoms with van der Waals surface area (Å²) in [4.78, 5) is 7.50. The highest BCUT2D eigenvalue weighted by molar-refractivity contribution is 6.35. The summed E-state index contributed by atoms with van der Waals surface area (Å²) in [5, 5.41) is 0.673. The minimum atomic E-state index is 0.673. The Morgan fingerprint density at radius 1 is 1.53 bits per heavy atom. The zero-order valence-corrected chi connectivity index (χ0v) is 9.77. The van der Waals surface area contributed by atoms with Gasteiger partial charge in [0.05, 0.1) is 12.1 Å². The molecule has 0 amide bonds. The van der Waals surface area contributed by atoms with E-state index in [1.165, 1.54) is 0 Å². The molecule has 1 aromatic carbocycles. The molecule has 1 heterocycles. The van der Waals surface area contributed by atoms with Crippen molar-refractivity contribution >= 4 is 22.6 Å². The Kier molecular flexibility index (Phi) is 2.57. The first kappa shape index (κ1) is 10.3. The normalized spacial score (nSPS) is 10.9. The molecule has 1 N–H and O–H groups in total. The number of nitrogens with one attached hydrogen (secondary N) is 1. The third-order valence-electron chi connectivity index (χ3n) is 2.45. The van der Waals surface area contributed by atoms with E-state index in [1.54, 1.807) is 7.11 Å². The molecule has 3 nitrogen and oxygen atoms in total. The molecule has 2 aromatic rings. The van der Waals surface area contributed by atoms with Crippen LogP contribution in [-0.2, 0) is 6.42 Å². The highest BCUT2D eigenvalue weighted by Crippen LogP contribution is 2.33. The summed E-state index contributed by atoms with van der Waals surface area (Å²) in [7, 11) is 1.66. The highest BCUT2D eigenvalue weighted by atomic mass is 35.5. The van der Waals surface area contributed by atoms with E-state index in [4.69, 9.17) is 16.3 Å². The van der Waals surface area contributed by atoms with Crippen LogP contribution in [0.2, 0.25) is 5.02 Å². The number of hydrogen-bond acceptors (Lipinski definition) is 2. The van der Waals surface area contributed by atoms with Gasteiger partial charge < -0.3 is 9.72 Å². The summed E-state index contributed by atoms with van der Waals surface area (Å²) in [5.41, 5.74) is 2.77. The molecule has 1 aromatic heterocycles. The standard InChI is InChI=1S/C11H13ClN2O/c1-4-7-5-8(12)9-10(11(7)15-3)14-6(2)13-9/h5H,4H2,1-3H3,(H,13,14). The van der Waals surface area contributed by atoms with E-state index < -0.39 is 0 Å². The fourth-order valence-electron chi connectivity index (χ4n) is 1.77. The number of benzene rings is 1. The van der Waals surface area contributed by atoms with Crippen LogP contribution < -0.4 is 4.74 Å². The van der Waals surface area contributed by atoms with Gasteiger partial charge in [-0.1, -0.05) is 18.5 Å². The van der Waals surface area contributed by atoms with Gasteiger partial charge in [0.1, 0.15) is 22.6 Å². The van der Waals surface area contributed by atoms with Crippen molar-refractivity contribution in [1.82, 2.24) is 9.97 Å². The van der Waals surface area contributed by atoms with Crippen molar-refractivity contribution < 1.29 is 4.74 Å². The lowest BCUT2D eigenvalue weighted by Gasteiger charge is -2.08. The summed E-state index contributed by atoms with van der Waals surface area (Å²) in [6.07, 6.45) is 0.886. The van der Waals surface area contributed by atoms with Gasteiger partial charge in [-0.15, -0.1) is 0 Å². The summed E-state index contributed by atoms with van der Waals surface area (Å²) in [6, 6.07) is 1.92. The molecule has 4 heteroatoms. The van der Waals surface area contributed by atoms with Crippen LogP contribution in [-0.4, -0.2) is 17.1 Å². The average Bonchev–Trinajstić information content (AvgIpc) is 2.60. The molecule has 0 saturated carbocycles. The Hall–Kier alpha value is -1.22. The number of fused-ring (bicyclic) bond motifs is 1. The number of hydrogen-bond donors (Lipinski definition) is 1. The molecule has 0 unspecified atom stereocenters. The zero-order valence-electron chi connectivity index (χ0n) is 9.02. The molecule has 0 aliphatic rings. The van der Waals surface area contributed by atoms with Crippen molar-refractivity contribution in [2.45, 2.75) is 20.3 Å². The Bertz CT molecular complexity index is 505. The lowest BCUT2D eigenvalue weighted by molar-refractivity contribution is 0.414. The summed E-state index contributed by atoms with van der Waals surface area (Å²) in [6.45, 7) is 3.98. The predicted octanol–water partition coefficient (Wildman–Crippen LogP) is 3.10. The fourth-order valence-corrected chi connectivity index (χ4v) is 2.04. The van der Waals surface area contributed by atoms with Crippen molar-refractivity contribution in [1.29, 1.82) is 0 Å². The first-order valence-corrected chi connectivity index (χ1v) is 5.26. The molecule has 0 fully saturated rings. The molecule has 80 valence electrons. The van der Waals surface area contributed by atoms with E-state index >= 15 is 0 Å². The number of aromatic amines is 1. The number of halogens is 1. The minimum absolute atomic E-state index is 0.673. The lowest BCUT2D eigenvalue weighted by Crippen LogP contribution is -1.92. The number of H-pyrrole nitrogens is 1. The quantitative estimate of drug-likeness (QED) is 0.851. The summed E-state index contributed by atoms with van der Waals surface area (Å²) >= 11 is 6.15. The van der Waals surface area contributed by atoms with Crippen molar-refractivity contribution in [2.75, 3.05) is 7.11 Å². The van der Waals surface area contributed by atoms with Gasteiger partial charge in [-0.2, -0.15) is 0 Å². The molecular weight excluding hydrogens is 212 g/mol. The molecule has 0 saturated heterocycles. The molecule has 2 rings (SSSR count). The van der Waals surface area contributed by atoms with Crippen LogP contribution in [0, 0.1) is 6.92 Å². The number of methoxy groups -OCH3 is 1. The number of aromatic nitrogens is 2. The maximum atomic E-state index is 6.15. The fraction of sp³-hybridized carbons (Fsp3) is 0.364. The molecule has 0 radical (unpaired) electrons. The number of imidazole rings is 1. The third-order valence-corrected chi connectivity index (χ3v) is 2.74. The second-order valence-electron chi connectivity index (χ2n) is 3.45. The first-order chi connectivity index (χ1) is 7.17. The van der Waals surface area contributed by atoms with Crippen molar-refractivity contribution in [3.8, 4) is 5.75 Å². The topological polar surface area (TPSA) is 37.9 Å². The monoisotopic (exact) mass is 224 g/mol. The molecule has 15 heavy (non-hydrogen) atoms. The van der Waals surface area contributed by atoms with Crippen LogP contribution in [0.5, 0.6) is 5.75 Å². The Labute approximate surface area is 93.4 Å². The predicted molar refractivity (Wildman–Crippen MR) is 61.8 cm³/mol. The van der Waals surface area contributed by atoms with Gasteiger partial charge in [0.25, 0.3) is 0 Å².